The Morgan fingerprint density at radius 1 is 0.816 bits per heavy atom. The lowest BCUT2D eigenvalue weighted by molar-refractivity contribution is -0.137. The molecule has 0 unspecified atom stereocenters. The highest BCUT2D eigenvalue weighted by Crippen LogP contribution is 2.32. The Kier molecular flexibility index (Phi) is 14.8. The van der Waals surface area contributed by atoms with Crippen LogP contribution < -0.4 is 18.9 Å². The number of carbonyl (C=O) groups excluding carboxylic acids is 1. The van der Waals surface area contributed by atoms with Crippen LogP contribution in [0.4, 0.5) is 0 Å². The molecule has 210 valence electrons. The fourth-order valence-corrected chi connectivity index (χ4v) is 5.52. The van der Waals surface area contributed by atoms with Crippen molar-refractivity contribution in [3.63, 3.8) is 0 Å². The van der Waals surface area contributed by atoms with Gasteiger partial charge in [0.1, 0.15) is 6.61 Å². The van der Waals surface area contributed by atoms with Crippen LogP contribution in [0.1, 0.15) is 56.6 Å². The predicted molar refractivity (Wildman–Crippen MR) is 157 cm³/mol. The maximum absolute atomic E-state index is 12.1. The van der Waals surface area contributed by atoms with E-state index in [1.807, 2.05) is 43.3 Å². The molecule has 0 aliphatic rings. The number of hydrogen-bond donors (Lipinski definition) is 0. The number of benzene rings is 2. The van der Waals surface area contributed by atoms with Crippen molar-refractivity contribution in [2.45, 2.75) is 58.1 Å². The fourth-order valence-electron chi connectivity index (χ4n) is 3.67. The Morgan fingerprint density at radius 2 is 1.50 bits per heavy atom. The first-order chi connectivity index (χ1) is 18.3. The Labute approximate surface area is 241 Å². The summed E-state index contributed by atoms with van der Waals surface area (Å²) in [7, 11) is 3.20. The minimum Gasteiger partial charge on any atom is -0.493 e. The van der Waals surface area contributed by atoms with Gasteiger partial charge in [-0.3, -0.25) is 0 Å². The van der Waals surface area contributed by atoms with Crippen molar-refractivity contribution in [1.29, 1.82) is 0 Å². The third kappa shape index (κ3) is 12.7. The van der Waals surface area contributed by atoms with Gasteiger partial charge in [-0.1, -0.05) is 44.2 Å². The van der Waals surface area contributed by atoms with E-state index in [0.29, 0.717) is 48.9 Å². The van der Waals surface area contributed by atoms with Crippen molar-refractivity contribution in [3.05, 3.63) is 53.6 Å². The minimum absolute atomic E-state index is 0.332. The number of esters is 1. The molecule has 6 nitrogen and oxygen atoms in total. The van der Waals surface area contributed by atoms with E-state index in [1.165, 1.54) is 6.08 Å². The van der Waals surface area contributed by atoms with Gasteiger partial charge in [-0.15, -0.1) is 33.2 Å². The van der Waals surface area contributed by atoms with Crippen LogP contribution in [-0.2, 0) is 16.1 Å². The summed E-state index contributed by atoms with van der Waals surface area (Å²) in [6.45, 7) is 3.12. The Bertz CT molecular complexity index is 1030. The quantitative estimate of drug-likeness (QED) is 0.0562. The van der Waals surface area contributed by atoms with Gasteiger partial charge in [0.15, 0.2) is 23.0 Å². The molecule has 0 radical (unpaired) electrons. The van der Waals surface area contributed by atoms with Crippen molar-refractivity contribution in [2.75, 3.05) is 27.4 Å². The topological polar surface area (TPSA) is 63.2 Å². The number of methoxy groups -OCH3 is 2. The predicted octanol–water partition coefficient (Wildman–Crippen LogP) is 8.23. The van der Waals surface area contributed by atoms with Crippen molar-refractivity contribution < 1.29 is 28.5 Å². The second kappa shape index (κ2) is 17.5. The van der Waals surface area contributed by atoms with Gasteiger partial charge in [0, 0.05) is 6.08 Å². The largest absolute Gasteiger partial charge is 0.493 e. The molecular formula is C28H37Cl3O6Si. The van der Waals surface area contributed by atoms with Crippen molar-refractivity contribution in [1.82, 2.24) is 0 Å². The average Bonchev–Trinajstić information content (AvgIpc) is 2.89. The molecule has 0 bridgehead atoms. The van der Waals surface area contributed by atoms with Crippen LogP contribution in [0.5, 0.6) is 23.0 Å². The highest BCUT2D eigenvalue weighted by molar-refractivity contribution is 7.64. The van der Waals surface area contributed by atoms with Crippen molar-refractivity contribution in [2.24, 2.45) is 0 Å². The molecule has 0 aliphatic carbocycles. The van der Waals surface area contributed by atoms with Crippen LogP contribution in [0.3, 0.4) is 0 Å². The van der Waals surface area contributed by atoms with E-state index in [1.54, 1.807) is 20.3 Å². The monoisotopic (exact) mass is 602 g/mol. The van der Waals surface area contributed by atoms with E-state index in [9.17, 15) is 4.79 Å². The summed E-state index contributed by atoms with van der Waals surface area (Å²) in [5.74, 6) is 2.13. The molecule has 0 atom stereocenters. The number of halogens is 3. The third-order valence-corrected chi connectivity index (χ3v) is 8.24. The summed E-state index contributed by atoms with van der Waals surface area (Å²) >= 11 is 17.7. The van der Waals surface area contributed by atoms with E-state index in [0.717, 1.165) is 49.7 Å². The molecule has 38 heavy (non-hydrogen) atoms. The van der Waals surface area contributed by atoms with Gasteiger partial charge in [-0.05, 0) is 60.9 Å². The van der Waals surface area contributed by atoms with Gasteiger partial charge in [0.25, 0.3) is 0 Å². The summed E-state index contributed by atoms with van der Waals surface area (Å²) in [6, 6.07) is 9.38. The van der Waals surface area contributed by atoms with E-state index in [4.69, 9.17) is 56.9 Å². The first kappa shape index (κ1) is 32.2. The van der Waals surface area contributed by atoms with E-state index in [-0.39, 0.29) is 5.97 Å². The molecule has 2 aromatic rings. The highest BCUT2D eigenvalue weighted by atomic mass is 35.8. The van der Waals surface area contributed by atoms with Crippen LogP contribution in [0.2, 0.25) is 6.04 Å². The van der Waals surface area contributed by atoms with Gasteiger partial charge in [0.2, 0.25) is 0 Å². The molecule has 2 rings (SSSR count). The number of unbranched alkanes of at least 4 members (excludes halogenated alkanes) is 5. The van der Waals surface area contributed by atoms with Crippen LogP contribution in [0, 0.1) is 0 Å². The smallest absolute Gasteiger partial charge is 0.341 e. The number of hydrogen-bond acceptors (Lipinski definition) is 6. The zero-order valence-corrected chi connectivity index (χ0v) is 25.5. The van der Waals surface area contributed by atoms with E-state index >= 15 is 0 Å². The maximum atomic E-state index is 12.1. The number of rotatable bonds is 18. The van der Waals surface area contributed by atoms with Crippen molar-refractivity contribution >= 4 is 51.3 Å². The Morgan fingerprint density at radius 3 is 2.18 bits per heavy atom. The first-order valence-electron chi connectivity index (χ1n) is 12.8. The van der Waals surface area contributed by atoms with Gasteiger partial charge in [-0.25, -0.2) is 4.79 Å². The molecule has 0 fully saturated rings. The van der Waals surface area contributed by atoms with Crippen LogP contribution >= 0.6 is 33.2 Å². The normalized spacial score (nSPS) is 11.4. The van der Waals surface area contributed by atoms with Crippen molar-refractivity contribution in [3.8, 4) is 23.0 Å². The van der Waals surface area contributed by atoms with Gasteiger partial charge >= 0.3 is 12.0 Å². The Balaban J connectivity index is 1.78. The van der Waals surface area contributed by atoms with Gasteiger partial charge < -0.3 is 23.7 Å². The fraction of sp³-hybridized carbons (Fsp3) is 0.464. The molecule has 0 saturated carbocycles. The van der Waals surface area contributed by atoms with Gasteiger partial charge in [-0.2, -0.15) is 0 Å². The van der Waals surface area contributed by atoms with Crippen LogP contribution in [0.15, 0.2) is 42.5 Å². The lowest BCUT2D eigenvalue weighted by atomic mass is 10.1. The molecular weight excluding hydrogens is 567 g/mol. The first-order valence-corrected chi connectivity index (χ1v) is 18.0. The molecule has 0 amide bonds. The standard InChI is InChI=1S/C28H37Cl3O6Si/c1-4-35-27-19-22(11-15-25(27)37-21-23-12-14-24(33-2)26(20-23)34-3)13-16-28(32)36-17-9-7-5-6-8-10-18-38(29,30)31/h11-16,19-20H,4-10,17-18,21H2,1-3H3/b16-13+. The highest BCUT2D eigenvalue weighted by Gasteiger charge is 2.23. The molecule has 0 heterocycles. The third-order valence-electron chi connectivity index (χ3n) is 5.62. The molecule has 0 aliphatic heterocycles. The average molecular weight is 604 g/mol. The SMILES string of the molecule is CCOc1cc(/C=C/C(=O)OCCCCCCCC[Si](Cl)(Cl)Cl)ccc1OCc1ccc(OC)c(OC)c1. The second-order valence-electron chi connectivity index (χ2n) is 8.60. The second-order valence-corrected chi connectivity index (χ2v) is 17.9. The van der Waals surface area contributed by atoms with Gasteiger partial charge in [0.05, 0.1) is 27.4 Å². The number of ether oxygens (including phenoxy) is 5. The lowest BCUT2D eigenvalue weighted by Crippen LogP contribution is -2.07. The molecule has 2 aromatic carbocycles. The molecule has 10 heteroatoms. The molecule has 0 spiro atoms. The number of carbonyl (C=O) groups is 1. The summed E-state index contributed by atoms with van der Waals surface area (Å²) in [5, 5.41) is 0. The Hall–Kier alpha value is -2.06. The molecule has 0 saturated heterocycles. The maximum Gasteiger partial charge on any atom is 0.341 e. The van der Waals surface area contributed by atoms with Crippen LogP contribution in [-0.4, -0.2) is 39.4 Å². The molecule has 0 N–H and O–H groups in total. The summed E-state index contributed by atoms with van der Waals surface area (Å²) in [5.41, 5.74) is 1.74. The van der Waals surface area contributed by atoms with Crippen LogP contribution in [0.25, 0.3) is 6.08 Å². The van der Waals surface area contributed by atoms with E-state index < -0.39 is 6.00 Å². The molecule has 0 aromatic heterocycles. The minimum atomic E-state index is -2.48. The zero-order valence-electron chi connectivity index (χ0n) is 22.3. The summed E-state index contributed by atoms with van der Waals surface area (Å²) < 4.78 is 27.7. The lowest BCUT2D eigenvalue weighted by Gasteiger charge is -2.14. The summed E-state index contributed by atoms with van der Waals surface area (Å²) in [4.78, 5) is 12.1. The summed E-state index contributed by atoms with van der Waals surface area (Å²) in [6.07, 6.45) is 9.16. The van der Waals surface area contributed by atoms with E-state index in [2.05, 4.69) is 0 Å². The zero-order chi connectivity index (χ0) is 27.8.